The lowest BCUT2D eigenvalue weighted by atomic mass is 10.3. The zero-order valence-corrected chi connectivity index (χ0v) is 6.46. The van der Waals surface area contributed by atoms with E-state index in [-0.39, 0.29) is 0 Å². The predicted molar refractivity (Wildman–Crippen MR) is 42.2 cm³/mol. The fraction of sp³-hybridized carbons (Fsp3) is 0.500. The number of hydrogen-bond donors (Lipinski definition) is 1. The van der Waals surface area contributed by atoms with Crippen LogP contribution in [-0.4, -0.2) is 24.7 Å². The molecule has 1 unspecified atom stereocenters. The summed E-state index contributed by atoms with van der Waals surface area (Å²) in [4.78, 5) is 2.20. The molecule has 55 valence electrons. The second-order valence-electron chi connectivity index (χ2n) is 2.36. The molecule has 0 fully saturated rings. The van der Waals surface area contributed by atoms with Gasteiger partial charge in [0, 0.05) is 0 Å². The molecular formula is C8H13N2. The summed E-state index contributed by atoms with van der Waals surface area (Å²) in [5.41, 5.74) is 0. The minimum absolute atomic E-state index is 0.329. The van der Waals surface area contributed by atoms with Crippen molar-refractivity contribution in [3.05, 3.63) is 24.4 Å². The van der Waals surface area contributed by atoms with Gasteiger partial charge < -0.3 is 5.32 Å². The van der Waals surface area contributed by atoms with Crippen molar-refractivity contribution in [1.29, 1.82) is 0 Å². The highest BCUT2D eigenvalue weighted by molar-refractivity contribution is 5.08. The fourth-order valence-electron chi connectivity index (χ4n) is 0.844. The van der Waals surface area contributed by atoms with E-state index in [2.05, 4.69) is 36.5 Å². The third-order valence-corrected chi connectivity index (χ3v) is 1.68. The van der Waals surface area contributed by atoms with E-state index >= 15 is 0 Å². The van der Waals surface area contributed by atoms with Crippen LogP contribution in [-0.2, 0) is 0 Å². The summed E-state index contributed by atoms with van der Waals surface area (Å²) in [7, 11) is 2.08. The number of nitrogens with one attached hydrogen (secondary N) is 1. The smallest absolute Gasteiger partial charge is 0.0987 e. The van der Waals surface area contributed by atoms with Gasteiger partial charge in [0.15, 0.2) is 0 Å². The largest absolute Gasteiger partial charge is 0.365 e. The highest BCUT2D eigenvalue weighted by Crippen LogP contribution is 1.97. The van der Waals surface area contributed by atoms with Gasteiger partial charge in [-0.3, -0.25) is 4.90 Å². The van der Waals surface area contributed by atoms with Crippen molar-refractivity contribution in [3.63, 3.8) is 0 Å². The van der Waals surface area contributed by atoms with Crippen molar-refractivity contribution in [2.45, 2.75) is 13.1 Å². The Labute approximate surface area is 62.2 Å². The number of dihydropyridines is 1. The van der Waals surface area contributed by atoms with Gasteiger partial charge in [0.1, 0.15) is 0 Å². The van der Waals surface area contributed by atoms with Gasteiger partial charge in [-0.2, -0.15) is 0 Å². The second-order valence-corrected chi connectivity index (χ2v) is 2.36. The van der Waals surface area contributed by atoms with Gasteiger partial charge in [0.2, 0.25) is 0 Å². The first-order chi connectivity index (χ1) is 4.84. The van der Waals surface area contributed by atoms with E-state index < -0.39 is 0 Å². The highest BCUT2D eigenvalue weighted by atomic mass is 15.2. The van der Waals surface area contributed by atoms with E-state index in [0.717, 1.165) is 6.54 Å². The predicted octanol–water partition coefficient (Wildman–Crippen LogP) is 0.740. The number of allylic oxidation sites excluding steroid dienone is 2. The van der Waals surface area contributed by atoms with Gasteiger partial charge in [-0.25, -0.2) is 0 Å². The molecule has 0 saturated carbocycles. The quantitative estimate of drug-likeness (QED) is 0.604. The van der Waals surface area contributed by atoms with E-state index in [1.54, 1.807) is 0 Å². The lowest BCUT2D eigenvalue weighted by molar-refractivity contribution is 0.271. The first-order valence-electron chi connectivity index (χ1n) is 3.56. The van der Waals surface area contributed by atoms with E-state index in [4.69, 9.17) is 0 Å². The molecule has 1 rings (SSSR count). The molecule has 0 spiro atoms. The molecule has 0 saturated heterocycles. The van der Waals surface area contributed by atoms with Gasteiger partial charge in [-0.05, 0) is 25.7 Å². The molecule has 0 amide bonds. The maximum absolute atomic E-state index is 3.10. The molecule has 0 aromatic heterocycles. The van der Waals surface area contributed by atoms with Crippen LogP contribution in [0.2, 0.25) is 0 Å². The van der Waals surface area contributed by atoms with Crippen LogP contribution in [0.25, 0.3) is 0 Å². The Kier molecular flexibility index (Phi) is 2.51. The Morgan fingerprint density at radius 1 is 1.70 bits per heavy atom. The minimum Gasteiger partial charge on any atom is -0.365 e. The van der Waals surface area contributed by atoms with Gasteiger partial charge in [0.05, 0.1) is 12.4 Å². The summed E-state index contributed by atoms with van der Waals surface area (Å²) in [6, 6.07) is 0. The van der Waals surface area contributed by atoms with Gasteiger partial charge in [-0.1, -0.05) is 13.0 Å². The maximum Gasteiger partial charge on any atom is 0.0987 e. The number of nitrogens with zero attached hydrogens (tertiary/aromatic N) is 1. The zero-order chi connectivity index (χ0) is 7.40. The molecule has 10 heavy (non-hydrogen) atoms. The van der Waals surface area contributed by atoms with Gasteiger partial charge in [0.25, 0.3) is 0 Å². The van der Waals surface area contributed by atoms with Crippen LogP contribution in [0.1, 0.15) is 6.92 Å². The van der Waals surface area contributed by atoms with E-state index in [1.807, 2.05) is 12.2 Å². The zero-order valence-electron chi connectivity index (χ0n) is 6.46. The first-order valence-corrected chi connectivity index (χ1v) is 3.56. The average Bonchev–Trinajstić information content (AvgIpc) is 2.05. The van der Waals surface area contributed by atoms with Crippen molar-refractivity contribution in [3.8, 4) is 0 Å². The topological polar surface area (TPSA) is 15.3 Å². The van der Waals surface area contributed by atoms with Crippen LogP contribution >= 0.6 is 0 Å². The summed E-state index contributed by atoms with van der Waals surface area (Å²) in [5.74, 6) is 0. The number of rotatable bonds is 2. The van der Waals surface area contributed by atoms with Crippen molar-refractivity contribution in [2.75, 3.05) is 13.6 Å². The molecule has 0 aliphatic carbocycles. The Balaban J connectivity index is 2.42. The van der Waals surface area contributed by atoms with E-state index in [9.17, 15) is 0 Å². The lowest BCUT2D eigenvalue weighted by Gasteiger charge is -2.24. The Morgan fingerprint density at radius 2 is 2.50 bits per heavy atom. The molecule has 2 heteroatoms. The van der Waals surface area contributed by atoms with Crippen LogP contribution < -0.4 is 5.32 Å². The van der Waals surface area contributed by atoms with Crippen molar-refractivity contribution < 1.29 is 0 Å². The summed E-state index contributed by atoms with van der Waals surface area (Å²) < 4.78 is 0. The lowest BCUT2D eigenvalue weighted by Crippen LogP contribution is -2.40. The van der Waals surface area contributed by atoms with E-state index in [1.165, 1.54) is 0 Å². The SMILES string of the molecule is CCN(C)C1C=CC=[C]N1. The van der Waals surface area contributed by atoms with Crippen LogP contribution in [0.3, 0.4) is 0 Å². The van der Waals surface area contributed by atoms with Crippen LogP contribution in [0.15, 0.2) is 18.2 Å². The molecule has 0 aromatic carbocycles. The monoisotopic (exact) mass is 137 g/mol. The van der Waals surface area contributed by atoms with Crippen molar-refractivity contribution in [1.82, 2.24) is 10.2 Å². The van der Waals surface area contributed by atoms with Gasteiger partial charge in [-0.15, -0.1) is 0 Å². The molecular weight excluding hydrogens is 124 g/mol. The molecule has 1 N–H and O–H groups in total. The minimum atomic E-state index is 0.329. The third kappa shape index (κ3) is 1.61. The summed E-state index contributed by atoms with van der Waals surface area (Å²) in [6.07, 6.45) is 9.27. The summed E-state index contributed by atoms with van der Waals surface area (Å²) in [5, 5.41) is 3.10. The fourth-order valence-corrected chi connectivity index (χ4v) is 0.844. The number of likely N-dealkylation sites (N-methyl/N-ethyl adjacent to an activating group) is 1. The second kappa shape index (κ2) is 3.42. The third-order valence-electron chi connectivity index (χ3n) is 1.68. The molecule has 2 nitrogen and oxygen atoms in total. The van der Waals surface area contributed by atoms with Crippen LogP contribution in [0, 0.1) is 6.20 Å². The average molecular weight is 137 g/mol. The van der Waals surface area contributed by atoms with Crippen LogP contribution in [0.4, 0.5) is 0 Å². The Bertz CT molecular complexity index is 149. The molecule has 1 heterocycles. The maximum atomic E-state index is 3.10. The first kappa shape index (κ1) is 7.35. The number of hydrogen-bond acceptors (Lipinski definition) is 2. The Hall–Kier alpha value is -0.760. The van der Waals surface area contributed by atoms with Crippen molar-refractivity contribution in [2.24, 2.45) is 0 Å². The highest BCUT2D eigenvalue weighted by Gasteiger charge is 2.07. The normalized spacial score (nSPS) is 23.3. The van der Waals surface area contributed by atoms with Crippen LogP contribution in [0.5, 0.6) is 0 Å². The molecule has 1 aliphatic heterocycles. The molecule has 0 aromatic rings. The van der Waals surface area contributed by atoms with Gasteiger partial charge >= 0.3 is 0 Å². The molecule has 0 bridgehead atoms. The van der Waals surface area contributed by atoms with E-state index in [0.29, 0.717) is 6.17 Å². The summed E-state index contributed by atoms with van der Waals surface area (Å²) >= 11 is 0. The molecule has 1 aliphatic rings. The molecule has 1 radical (unpaired) electrons. The van der Waals surface area contributed by atoms with Crippen molar-refractivity contribution >= 4 is 0 Å². The standard InChI is InChI=1S/C8H13N2/c1-3-10(2)8-6-4-5-7-9-8/h4-6,8-9H,3H2,1-2H3. The Morgan fingerprint density at radius 3 is 3.00 bits per heavy atom. The summed E-state index contributed by atoms with van der Waals surface area (Å²) in [6.45, 7) is 3.18. The molecule has 1 atom stereocenters.